The van der Waals surface area contributed by atoms with Gasteiger partial charge in [0.15, 0.2) is 10.9 Å². The van der Waals surface area contributed by atoms with Crippen LogP contribution in [0.3, 0.4) is 0 Å². The van der Waals surface area contributed by atoms with E-state index >= 15 is 0 Å². The Kier molecular flexibility index (Phi) is 6.77. The number of aromatic nitrogens is 2. The van der Waals surface area contributed by atoms with E-state index in [1.807, 2.05) is 45.9 Å². The Morgan fingerprint density at radius 1 is 1.24 bits per heavy atom. The standard InChI is InChI=1S/C25H29N3O3S2/c1-13(2)22(16(5)29)26-20(30)12-32-25-27-23-21(17-7-6-8-19(17)33-23)24(31)28(25)18-10-9-14(3)11-15(18)4/h9-11,13,22H,6-8,12H2,1-5H3,(H,26,30). The highest BCUT2D eigenvalue weighted by Crippen LogP contribution is 2.36. The number of carbonyl (C=O) groups is 2. The molecule has 3 aromatic rings. The van der Waals surface area contributed by atoms with Crippen LogP contribution in [-0.2, 0) is 22.4 Å². The van der Waals surface area contributed by atoms with Gasteiger partial charge in [-0.25, -0.2) is 4.98 Å². The SMILES string of the molecule is CC(=O)C(NC(=O)CSc1nc2sc3c(c2c(=O)n1-c1ccc(C)cc1C)CCC3)C(C)C. The van der Waals surface area contributed by atoms with Crippen molar-refractivity contribution in [1.82, 2.24) is 14.9 Å². The summed E-state index contributed by atoms with van der Waals surface area (Å²) in [6.45, 7) is 9.30. The molecule has 1 N–H and O–H groups in total. The molecular formula is C25H29N3O3S2. The fourth-order valence-corrected chi connectivity index (χ4v) is 6.59. The summed E-state index contributed by atoms with van der Waals surface area (Å²) in [5, 5.41) is 4.04. The maximum absolute atomic E-state index is 13.8. The number of thioether (sulfide) groups is 1. The van der Waals surface area contributed by atoms with Gasteiger partial charge >= 0.3 is 0 Å². The van der Waals surface area contributed by atoms with E-state index in [9.17, 15) is 14.4 Å². The normalized spacial score (nSPS) is 14.0. The smallest absolute Gasteiger partial charge is 0.267 e. The maximum Gasteiger partial charge on any atom is 0.267 e. The van der Waals surface area contributed by atoms with Gasteiger partial charge in [0.25, 0.3) is 5.56 Å². The third-order valence-corrected chi connectivity index (χ3v) is 8.18. The van der Waals surface area contributed by atoms with Crippen LogP contribution in [0.4, 0.5) is 0 Å². The lowest BCUT2D eigenvalue weighted by Crippen LogP contribution is -2.44. The molecule has 2 aromatic heterocycles. The van der Waals surface area contributed by atoms with E-state index in [1.54, 1.807) is 15.9 Å². The molecule has 174 valence electrons. The number of Topliss-reactive ketones (excluding diaryl/α,β-unsaturated/α-hetero) is 1. The minimum Gasteiger partial charge on any atom is -0.345 e. The fraction of sp³-hybridized carbons (Fsp3) is 0.440. The van der Waals surface area contributed by atoms with Crippen molar-refractivity contribution in [2.24, 2.45) is 5.92 Å². The summed E-state index contributed by atoms with van der Waals surface area (Å²) in [7, 11) is 0. The predicted molar refractivity (Wildman–Crippen MR) is 135 cm³/mol. The molecule has 0 radical (unpaired) electrons. The van der Waals surface area contributed by atoms with Crippen LogP contribution in [-0.4, -0.2) is 33.0 Å². The Morgan fingerprint density at radius 3 is 2.67 bits per heavy atom. The van der Waals surface area contributed by atoms with Crippen LogP contribution in [0.1, 0.15) is 48.8 Å². The van der Waals surface area contributed by atoms with E-state index in [1.165, 1.54) is 23.6 Å². The second-order valence-electron chi connectivity index (χ2n) is 9.05. The summed E-state index contributed by atoms with van der Waals surface area (Å²) in [5.41, 5.74) is 3.95. The quantitative estimate of drug-likeness (QED) is 0.399. The van der Waals surface area contributed by atoms with Crippen LogP contribution in [0.15, 0.2) is 28.2 Å². The van der Waals surface area contributed by atoms with Crippen LogP contribution in [0.25, 0.3) is 15.9 Å². The second-order valence-corrected chi connectivity index (χ2v) is 11.1. The largest absolute Gasteiger partial charge is 0.345 e. The topological polar surface area (TPSA) is 81.1 Å². The number of thiophene rings is 1. The molecule has 0 spiro atoms. The molecule has 1 aliphatic carbocycles. The highest BCUT2D eigenvalue weighted by Gasteiger charge is 2.25. The number of fused-ring (bicyclic) bond motifs is 3. The second kappa shape index (κ2) is 9.43. The van der Waals surface area contributed by atoms with Crippen LogP contribution in [0.5, 0.6) is 0 Å². The molecule has 1 aromatic carbocycles. The number of carbonyl (C=O) groups excluding carboxylic acids is 2. The maximum atomic E-state index is 13.8. The van der Waals surface area contributed by atoms with Gasteiger partial charge < -0.3 is 5.32 Å². The van der Waals surface area contributed by atoms with Crippen molar-refractivity contribution in [2.75, 3.05) is 5.75 Å². The van der Waals surface area contributed by atoms with Gasteiger partial charge in [0.05, 0.1) is 22.9 Å². The first kappa shape index (κ1) is 23.7. The Hall–Kier alpha value is -2.45. The molecule has 0 aliphatic heterocycles. The van der Waals surface area contributed by atoms with Gasteiger partial charge in [0.1, 0.15) is 4.83 Å². The zero-order chi connectivity index (χ0) is 23.9. The number of aryl methyl sites for hydroxylation is 4. The van der Waals surface area contributed by atoms with Gasteiger partial charge in [-0.15, -0.1) is 11.3 Å². The zero-order valence-corrected chi connectivity index (χ0v) is 21.3. The lowest BCUT2D eigenvalue weighted by atomic mass is 10.0. The van der Waals surface area contributed by atoms with Gasteiger partial charge in [0, 0.05) is 4.88 Å². The first-order chi connectivity index (χ1) is 15.7. The minimum absolute atomic E-state index is 0.00724. The van der Waals surface area contributed by atoms with Gasteiger partial charge in [0.2, 0.25) is 5.91 Å². The molecule has 6 nitrogen and oxygen atoms in total. The van der Waals surface area contributed by atoms with Crippen molar-refractivity contribution in [3.8, 4) is 5.69 Å². The summed E-state index contributed by atoms with van der Waals surface area (Å²) in [6, 6.07) is 5.46. The summed E-state index contributed by atoms with van der Waals surface area (Å²) in [5.74, 6) is -0.232. The number of ketones is 1. The molecule has 0 saturated heterocycles. The van der Waals surface area contributed by atoms with Crippen molar-refractivity contribution < 1.29 is 9.59 Å². The molecule has 8 heteroatoms. The molecule has 1 atom stereocenters. The van der Waals surface area contributed by atoms with Crippen molar-refractivity contribution in [2.45, 2.75) is 65.1 Å². The van der Waals surface area contributed by atoms with E-state index in [-0.39, 0.29) is 28.9 Å². The van der Waals surface area contributed by atoms with E-state index in [0.717, 1.165) is 51.9 Å². The van der Waals surface area contributed by atoms with Crippen LogP contribution in [0, 0.1) is 19.8 Å². The fourth-order valence-electron chi connectivity index (χ4n) is 4.47. The summed E-state index contributed by atoms with van der Waals surface area (Å²) >= 11 is 2.83. The molecule has 0 saturated carbocycles. The predicted octanol–water partition coefficient (Wildman–Crippen LogP) is 4.37. The minimum atomic E-state index is -0.518. The summed E-state index contributed by atoms with van der Waals surface area (Å²) in [6.07, 6.45) is 2.98. The number of hydrogen-bond acceptors (Lipinski definition) is 6. The summed E-state index contributed by atoms with van der Waals surface area (Å²) in [4.78, 5) is 45.2. The molecular weight excluding hydrogens is 454 g/mol. The van der Waals surface area contributed by atoms with Crippen molar-refractivity contribution >= 4 is 45.0 Å². The third kappa shape index (κ3) is 4.64. The lowest BCUT2D eigenvalue weighted by molar-refractivity contribution is -0.126. The van der Waals surface area contributed by atoms with E-state index in [0.29, 0.717) is 5.16 Å². The highest BCUT2D eigenvalue weighted by molar-refractivity contribution is 7.99. The van der Waals surface area contributed by atoms with Gasteiger partial charge in [-0.2, -0.15) is 0 Å². The lowest BCUT2D eigenvalue weighted by Gasteiger charge is -2.19. The van der Waals surface area contributed by atoms with E-state index < -0.39 is 6.04 Å². The number of nitrogens with one attached hydrogen (secondary N) is 1. The average molecular weight is 484 g/mol. The molecule has 1 unspecified atom stereocenters. The number of hydrogen-bond donors (Lipinski definition) is 1. The average Bonchev–Trinajstić information content (AvgIpc) is 3.31. The van der Waals surface area contributed by atoms with E-state index in [2.05, 4.69) is 5.32 Å². The van der Waals surface area contributed by atoms with Crippen molar-refractivity contribution in [3.05, 3.63) is 50.1 Å². The molecule has 4 rings (SSSR count). The third-order valence-electron chi connectivity index (χ3n) is 6.05. The molecule has 1 amide bonds. The first-order valence-electron chi connectivity index (χ1n) is 11.2. The summed E-state index contributed by atoms with van der Waals surface area (Å²) < 4.78 is 1.66. The zero-order valence-electron chi connectivity index (χ0n) is 19.7. The molecule has 0 bridgehead atoms. The number of rotatable bonds is 7. The molecule has 33 heavy (non-hydrogen) atoms. The number of amides is 1. The Morgan fingerprint density at radius 2 is 2.00 bits per heavy atom. The van der Waals surface area contributed by atoms with Gasteiger partial charge in [-0.3, -0.25) is 19.0 Å². The van der Waals surface area contributed by atoms with Crippen LogP contribution >= 0.6 is 23.1 Å². The molecule has 0 fully saturated rings. The Labute approximate surface area is 201 Å². The Bertz CT molecular complexity index is 1310. The van der Waals surface area contributed by atoms with Crippen molar-refractivity contribution in [1.29, 1.82) is 0 Å². The molecule has 1 aliphatic rings. The number of benzene rings is 1. The van der Waals surface area contributed by atoms with Crippen molar-refractivity contribution in [3.63, 3.8) is 0 Å². The van der Waals surface area contributed by atoms with Crippen LogP contribution in [0.2, 0.25) is 0 Å². The van der Waals surface area contributed by atoms with Gasteiger partial charge in [-0.05, 0) is 63.1 Å². The Balaban J connectivity index is 1.75. The highest BCUT2D eigenvalue weighted by atomic mass is 32.2. The van der Waals surface area contributed by atoms with Gasteiger partial charge in [-0.1, -0.05) is 43.3 Å². The van der Waals surface area contributed by atoms with Crippen LogP contribution < -0.4 is 10.9 Å². The van der Waals surface area contributed by atoms with E-state index in [4.69, 9.17) is 4.98 Å². The molecule has 2 heterocycles. The number of nitrogens with zero attached hydrogens (tertiary/aromatic N) is 2. The monoisotopic (exact) mass is 483 g/mol. The first-order valence-corrected chi connectivity index (χ1v) is 13.0.